The Hall–Kier alpha value is -3.47. The van der Waals surface area contributed by atoms with Gasteiger partial charge >= 0.3 is 0 Å². The van der Waals surface area contributed by atoms with Gasteiger partial charge in [-0.25, -0.2) is 0 Å². The number of nitrogens with one attached hydrogen (secondary N) is 2. The minimum Gasteiger partial charge on any atom is -0.361 e. The van der Waals surface area contributed by atoms with E-state index in [-0.39, 0.29) is 5.91 Å². The summed E-state index contributed by atoms with van der Waals surface area (Å²) in [7, 11) is 0. The fourth-order valence-corrected chi connectivity index (χ4v) is 2.78. The van der Waals surface area contributed by atoms with Crippen LogP contribution in [-0.4, -0.2) is 20.9 Å². The molecule has 4 aromatic rings. The highest BCUT2D eigenvalue weighted by molar-refractivity contribution is 5.96. The van der Waals surface area contributed by atoms with Crippen molar-refractivity contribution < 1.29 is 4.79 Å². The van der Waals surface area contributed by atoms with Crippen molar-refractivity contribution in [2.75, 3.05) is 0 Å². The lowest BCUT2D eigenvalue weighted by atomic mass is 10.1. The van der Waals surface area contributed by atoms with Gasteiger partial charge in [0, 0.05) is 53.4 Å². The first-order valence-electron chi connectivity index (χ1n) is 8.01. The van der Waals surface area contributed by atoms with Crippen LogP contribution in [0, 0.1) is 0 Å². The van der Waals surface area contributed by atoms with Crippen LogP contribution in [-0.2, 0) is 6.54 Å². The van der Waals surface area contributed by atoms with Crippen LogP contribution in [0.1, 0.15) is 15.9 Å². The largest absolute Gasteiger partial charge is 0.361 e. The normalized spacial score (nSPS) is 10.7. The van der Waals surface area contributed by atoms with Crippen molar-refractivity contribution in [3.63, 3.8) is 0 Å². The third kappa shape index (κ3) is 3.12. The predicted molar refractivity (Wildman–Crippen MR) is 96.9 cm³/mol. The van der Waals surface area contributed by atoms with Crippen LogP contribution in [0.5, 0.6) is 0 Å². The number of aromatic nitrogens is 3. The molecule has 0 radical (unpaired) electrons. The van der Waals surface area contributed by atoms with Crippen LogP contribution >= 0.6 is 0 Å². The molecule has 0 fully saturated rings. The third-order valence-corrected chi connectivity index (χ3v) is 4.08. The van der Waals surface area contributed by atoms with Crippen molar-refractivity contribution in [1.82, 2.24) is 20.3 Å². The number of carbonyl (C=O) groups excluding carboxylic acids is 1. The molecule has 0 saturated carbocycles. The molecule has 5 heteroatoms. The average Bonchev–Trinajstić information content (AvgIpc) is 3.16. The van der Waals surface area contributed by atoms with Gasteiger partial charge in [0.2, 0.25) is 0 Å². The Morgan fingerprint density at radius 1 is 1.04 bits per heavy atom. The molecular weight excluding hydrogens is 312 g/mol. The molecule has 0 saturated heterocycles. The molecule has 4 rings (SSSR count). The minimum absolute atomic E-state index is 0.108. The molecular formula is C20H16N4O. The van der Waals surface area contributed by atoms with Crippen LogP contribution in [0.3, 0.4) is 0 Å². The summed E-state index contributed by atoms with van der Waals surface area (Å²) in [6, 6.07) is 15.2. The lowest BCUT2D eigenvalue weighted by molar-refractivity contribution is 0.0951. The van der Waals surface area contributed by atoms with E-state index in [2.05, 4.69) is 20.3 Å². The molecule has 0 aliphatic heterocycles. The van der Waals surface area contributed by atoms with E-state index in [1.165, 1.54) is 0 Å². The molecule has 0 bridgehead atoms. The Morgan fingerprint density at radius 2 is 1.92 bits per heavy atom. The number of aromatic amines is 1. The minimum atomic E-state index is -0.108. The standard InChI is InChI=1S/C20H16N4O/c25-20(24-13-14-2-1-9-21-12-14)16-5-3-15(4-6-16)19-17-7-10-22-18(17)8-11-23-19/h1-12,22H,13H2,(H,24,25). The van der Waals surface area contributed by atoms with Gasteiger partial charge in [-0.3, -0.25) is 14.8 Å². The number of benzene rings is 1. The van der Waals surface area contributed by atoms with E-state index >= 15 is 0 Å². The lowest BCUT2D eigenvalue weighted by Gasteiger charge is -2.07. The highest BCUT2D eigenvalue weighted by atomic mass is 16.1. The van der Waals surface area contributed by atoms with E-state index in [0.29, 0.717) is 12.1 Å². The van der Waals surface area contributed by atoms with Crippen LogP contribution < -0.4 is 5.32 Å². The topological polar surface area (TPSA) is 70.7 Å². The number of rotatable bonds is 4. The number of H-pyrrole nitrogens is 1. The van der Waals surface area contributed by atoms with Crippen molar-refractivity contribution in [3.8, 4) is 11.3 Å². The van der Waals surface area contributed by atoms with Crippen molar-refractivity contribution in [2.45, 2.75) is 6.54 Å². The first kappa shape index (κ1) is 15.1. The highest BCUT2D eigenvalue weighted by Crippen LogP contribution is 2.25. The maximum Gasteiger partial charge on any atom is 0.251 e. The molecule has 122 valence electrons. The monoisotopic (exact) mass is 328 g/mol. The van der Waals surface area contributed by atoms with Gasteiger partial charge in [0.25, 0.3) is 5.91 Å². The number of hydrogen-bond donors (Lipinski definition) is 2. The Morgan fingerprint density at radius 3 is 2.72 bits per heavy atom. The summed E-state index contributed by atoms with van der Waals surface area (Å²) < 4.78 is 0. The van der Waals surface area contributed by atoms with Crippen molar-refractivity contribution in [1.29, 1.82) is 0 Å². The highest BCUT2D eigenvalue weighted by Gasteiger charge is 2.09. The number of hydrogen-bond acceptors (Lipinski definition) is 3. The molecule has 0 aliphatic rings. The van der Waals surface area contributed by atoms with Crippen LogP contribution in [0.2, 0.25) is 0 Å². The SMILES string of the molecule is O=C(NCc1cccnc1)c1ccc(-c2nccc3[nH]ccc23)cc1. The van der Waals surface area contributed by atoms with E-state index < -0.39 is 0 Å². The van der Waals surface area contributed by atoms with E-state index in [9.17, 15) is 4.79 Å². The lowest BCUT2D eigenvalue weighted by Crippen LogP contribution is -2.22. The van der Waals surface area contributed by atoms with Crippen LogP contribution in [0.4, 0.5) is 0 Å². The Balaban J connectivity index is 1.52. The molecule has 0 spiro atoms. The molecule has 25 heavy (non-hydrogen) atoms. The fraction of sp³-hybridized carbons (Fsp3) is 0.0500. The Labute approximate surface area is 144 Å². The summed E-state index contributed by atoms with van der Waals surface area (Å²) in [6.45, 7) is 0.457. The number of amides is 1. The molecule has 0 unspecified atom stereocenters. The van der Waals surface area contributed by atoms with Gasteiger partial charge in [-0.15, -0.1) is 0 Å². The number of nitrogens with zero attached hydrogens (tertiary/aromatic N) is 2. The van der Waals surface area contributed by atoms with Crippen molar-refractivity contribution in [3.05, 3.63) is 84.4 Å². The fourth-order valence-electron chi connectivity index (χ4n) is 2.78. The molecule has 5 nitrogen and oxygen atoms in total. The van der Waals surface area contributed by atoms with Gasteiger partial charge in [-0.2, -0.15) is 0 Å². The zero-order valence-corrected chi connectivity index (χ0v) is 13.4. The third-order valence-electron chi connectivity index (χ3n) is 4.08. The zero-order chi connectivity index (χ0) is 17.1. The summed E-state index contributed by atoms with van der Waals surface area (Å²) in [4.78, 5) is 24.0. The molecule has 0 aliphatic carbocycles. The number of pyridine rings is 2. The first-order valence-corrected chi connectivity index (χ1v) is 8.01. The van der Waals surface area contributed by atoms with E-state index in [4.69, 9.17) is 0 Å². The van der Waals surface area contributed by atoms with Crippen molar-refractivity contribution in [2.24, 2.45) is 0 Å². The maximum absolute atomic E-state index is 12.3. The summed E-state index contributed by atoms with van der Waals surface area (Å²) in [5.41, 5.74) is 4.52. The van der Waals surface area contributed by atoms with Gasteiger partial charge in [-0.05, 0) is 35.9 Å². The van der Waals surface area contributed by atoms with Crippen molar-refractivity contribution >= 4 is 16.8 Å². The summed E-state index contributed by atoms with van der Waals surface area (Å²) in [6.07, 6.45) is 7.13. The second-order valence-corrected chi connectivity index (χ2v) is 5.72. The zero-order valence-electron chi connectivity index (χ0n) is 13.4. The summed E-state index contributed by atoms with van der Waals surface area (Å²) in [5.74, 6) is -0.108. The molecule has 1 amide bonds. The first-order chi connectivity index (χ1) is 12.3. The van der Waals surface area contributed by atoms with Crippen LogP contribution in [0.15, 0.2) is 73.3 Å². The number of carbonyl (C=O) groups is 1. The smallest absolute Gasteiger partial charge is 0.251 e. The number of fused-ring (bicyclic) bond motifs is 1. The van der Waals surface area contributed by atoms with Gasteiger partial charge in [0.1, 0.15) is 0 Å². The van der Waals surface area contributed by atoms with E-state index in [1.54, 1.807) is 18.6 Å². The van der Waals surface area contributed by atoms with Gasteiger partial charge in [-0.1, -0.05) is 18.2 Å². The molecule has 1 aromatic carbocycles. The Bertz CT molecular complexity index is 1010. The van der Waals surface area contributed by atoms with Crippen LogP contribution in [0.25, 0.3) is 22.2 Å². The summed E-state index contributed by atoms with van der Waals surface area (Å²) in [5, 5.41) is 3.97. The summed E-state index contributed by atoms with van der Waals surface area (Å²) >= 11 is 0. The van der Waals surface area contributed by atoms with E-state index in [1.807, 2.05) is 54.7 Å². The maximum atomic E-state index is 12.3. The molecule has 2 N–H and O–H groups in total. The second kappa shape index (κ2) is 6.57. The predicted octanol–water partition coefficient (Wildman–Crippen LogP) is 3.55. The van der Waals surface area contributed by atoms with Gasteiger partial charge in [0.05, 0.1) is 5.69 Å². The second-order valence-electron chi connectivity index (χ2n) is 5.72. The molecule has 0 atom stereocenters. The average molecular weight is 328 g/mol. The molecule has 3 heterocycles. The van der Waals surface area contributed by atoms with Gasteiger partial charge in [0.15, 0.2) is 0 Å². The quantitative estimate of drug-likeness (QED) is 0.602. The van der Waals surface area contributed by atoms with Gasteiger partial charge < -0.3 is 10.3 Å². The molecule has 3 aromatic heterocycles. The Kier molecular flexibility index (Phi) is 3.96. The van der Waals surface area contributed by atoms with E-state index in [0.717, 1.165) is 27.7 Å².